The van der Waals surface area contributed by atoms with Crippen LogP contribution < -0.4 is 0 Å². The van der Waals surface area contributed by atoms with Crippen LogP contribution >= 0.6 is 31.9 Å². The van der Waals surface area contributed by atoms with Gasteiger partial charge in [0.15, 0.2) is 0 Å². The molecule has 0 aromatic carbocycles. The highest BCUT2D eigenvalue weighted by Gasteiger charge is 2.20. The number of aliphatic carboxylic acids is 1. The van der Waals surface area contributed by atoms with E-state index < -0.39 is 10.8 Å². The Bertz CT molecular complexity index is 105. The summed E-state index contributed by atoms with van der Waals surface area (Å²) in [6.45, 7) is 1.93. The molecule has 1 N–H and O–H groups in total. The largest absolute Gasteiger partial charge is 0.480 e. The van der Waals surface area contributed by atoms with Gasteiger partial charge in [0.2, 0.25) is 0 Å². The van der Waals surface area contributed by atoms with E-state index in [1.165, 1.54) is 0 Å². The first-order valence-electron chi connectivity index (χ1n) is 2.60. The number of hydrogen-bond donors (Lipinski definition) is 1. The number of carbonyl (C=O) groups is 1. The second-order valence-corrected chi connectivity index (χ2v) is 3.83. The molecule has 9 heavy (non-hydrogen) atoms. The fourth-order valence-electron chi connectivity index (χ4n) is 0.362. The van der Waals surface area contributed by atoms with Crippen molar-refractivity contribution < 1.29 is 9.90 Å². The number of halogens is 2. The van der Waals surface area contributed by atoms with Gasteiger partial charge in [-0.3, -0.25) is 4.79 Å². The second kappa shape index (κ2) is 4.28. The molecular weight excluding hydrogens is 252 g/mol. The molecule has 54 valence electrons. The summed E-state index contributed by atoms with van der Waals surface area (Å²) in [7, 11) is 0. The van der Waals surface area contributed by atoms with Gasteiger partial charge in [0.05, 0.1) is 0 Å². The van der Waals surface area contributed by atoms with Crippen molar-refractivity contribution in [3.8, 4) is 0 Å². The van der Waals surface area contributed by atoms with Gasteiger partial charge in [-0.25, -0.2) is 0 Å². The predicted octanol–water partition coefficient (Wildman–Crippen LogP) is 2.01. The molecule has 0 aliphatic rings. The maximum Gasteiger partial charge on any atom is 0.318 e. The SMILES string of the molecule is CC[C@@H](Br)[C@@H](Br)C(=O)O. The Morgan fingerprint density at radius 2 is 2.11 bits per heavy atom. The molecule has 0 amide bonds. The molecular formula is C5H8Br2O2. The average Bonchev–Trinajstić information content (AvgIpc) is 1.84. The van der Waals surface area contributed by atoms with Gasteiger partial charge in [0.25, 0.3) is 0 Å². The molecule has 0 saturated heterocycles. The van der Waals surface area contributed by atoms with E-state index in [1.54, 1.807) is 0 Å². The van der Waals surface area contributed by atoms with Gasteiger partial charge in [0.1, 0.15) is 4.83 Å². The van der Waals surface area contributed by atoms with Crippen molar-refractivity contribution in [2.45, 2.75) is 23.0 Å². The summed E-state index contributed by atoms with van der Waals surface area (Å²) in [5.41, 5.74) is 0. The lowest BCUT2D eigenvalue weighted by Crippen LogP contribution is -2.22. The van der Waals surface area contributed by atoms with Crippen molar-refractivity contribution in [3.05, 3.63) is 0 Å². The molecule has 0 aromatic rings. The van der Waals surface area contributed by atoms with E-state index >= 15 is 0 Å². The van der Waals surface area contributed by atoms with Crippen LogP contribution in [0.1, 0.15) is 13.3 Å². The highest BCUT2D eigenvalue weighted by molar-refractivity contribution is 9.12. The number of hydrogen-bond acceptors (Lipinski definition) is 1. The molecule has 0 aliphatic carbocycles. The Morgan fingerprint density at radius 3 is 2.22 bits per heavy atom. The highest BCUT2D eigenvalue weighted by atomic mass is 79.9. The third kappa shape index (κ3) is 3.20. The Labute approximate surface area is 70.9 Å². The third-order valence-electron chi connectivity index (χ3n) is 0.943. The molecule has 0 bridgehead atoms. The fraction of sp³-hybridized carbons (Fsp3) is 0.800. The normalized spacial score (nSPS) is 16.8. The van der Waals surface area contributed by atoms with E-state index in [0.29, 0.717) is 0 Å². The minimum atomic E-state index is -0.821. The Hall–Kier alpha value is 0.430. The summed E-state index contributed by atoms with van der Waals surface area (Å²) in [6, 6.07) is 0. The molecule has 0 aliphatic heterocycles. The maximum absolute atomic E-state index is 10.2. The van der Waals surface area contributed by atoms with Crippen LogP contribution in [0.5, 0.6) is 0 Å². The van der Waals surface area contributed by atoms with Gasteiger partial charge >= 0.3 is 5.97 Å². The minimum absolute atomic E-state index is 0.0231. The van der Waals surface area contributed by atoms with Gasteiger partial charge in [-0.1, -0.05) is 38.8 Å². The quantitative estimate of drug-likeness (QED) is 0.788. The molecule has 0 fully saturated rings. The number of carboxylic acids is 1. The van der Waals surface area contributed by atoms with Gasteiger partial charge in [-0.05, 0) is 6.42 Å². The summed E-state index contributed by atoms with van der Waals surface area (Å²) < 4.78 is 0. The van der Waals surface area contributed by atoms with E-state index in [4.69, 9.17) is 5.11 Å². The Kier molecular flexibility index (Phi) is 4.48. The molecule has 0 heterocycles. The second-order valence-electron chi connectivity index (χ2n) is 1.66. The molecule has 0 saturated carbocycles. The first-order valence-corrected chi connectivity index (χ1v) is 4.43. The molecule has 2 nitrogen and oxygen atoms in total. The molecule has 2 atom stereocenters. The monoisotopic (exact) mass is 258 g/mol. The minimum Gasteiger partial charge on any atom is -0.480 e. The van der Waals surface area contributed by atoms with Crippen molar-refractivity contribution in [2.24, 2.45) is 0 Å². The lowest BCUT2D eigenvalue weighted by atomic mass is 10.2. The molecule has 4 heteroatoms. The van der Waals surface area contributed by atoms with Gasteiger partial charge < -0.3 is 5.11 Å². The van der Waals surface area contributed by atoms with Crippen molar-refractivity contribution in [1.82, 2.24) is 0 Å². The van der Waals surface area contributed by atoms with E-state index in [1.807, 2.05) is 6.92 Å². The van der Waals surface area contributed by atoms with Crippen molar-refractivity contribution in [1.29, 1.82) is 0 Å². The topological polar surface area (TPSA) is 37.3 Å². The average molecular weight is 260 g/mol. The van der Waals surface area contributed by atoms with Gasteiger partial charge in [-0.2, -0.15) is 0 Å². The Balaban J connectivity index is 3.72. The number of alkyl halides is 2. The lowest BCUT2D eigenvalue weighted by Gasteiger charge is -2.08. The third-order valence-corrected chi connectivity index (χ3v) is 3.86. The van der Waals surface area contributed by atoms with Crippen molar-refractivity contribution in [3.63, 3.8) is 0 Å². The smallest absolute Gasteiger partial charge is 0.318 e. The maximum atomic E-state index is 10.2. The number of carboxylic acid groups (broad SMARTS) is 1. The van der Waals surface area contributed by atoms with Crippen molar-refractivity contribution >= 4 is 37.8 Å². The number of rotatable bonds is 3. The Morgan fingerprint density at radius 1 is 1.67 bits per heavy atom. The zero-order chi connectivity index (χ0) is 7.44. The van der Waals surface area contributed by atoms with E-state index in [2.05, 4.69) is 31.9 Å². The van der Waals surface area contributed by atoms with Crippen LogP contribution in [0.4, 0.5) is 0 Å². The zero-order valence-corrected chi connectivity index (χ0v) is 8.15. The lowest BCUT2D eigenvalue weighted by molar-refractivity contribution is -0.136. The van der Waals surface area contributed by atoms with Crippen LogP contribution in [0.3, 0.4) is 0 Å². The predicted molar refractivity (Wildman–Crippen MR) is 43.4 cm³/mol. The summed E-state index contributed by atoms with van der Waals surface area (Å²) in [5.74, 6) is -0.821. The fourth-order valence-corrected chi connectivity index (χ4v) is 0.962. The molecule has 0 radical (unpaired) electrons. The molecule has 0 spiro atoms. The van der Waals surface area contributed by atoms with Gasteiger partial charge in [-0.15, -0.1) is 0 Å². The van der Waals surface area contributed by atoms with Crippen LogP contribution in [-0.2, 0) is 4.79 Å². The summed E-state index contributed by atoms with van der Waals surface area (Å²) in [5, 5.41) is 8.41. The van der Waals surface area contributed by atoms with Crippen molar-refractivity contribution in [2.75, 3.05) is 0 Å². The zero-order valence-electron chi connectivity index (χ0n) is 4.97. The molecule has 0 rings (SSSR count). The summed E-state index contributed by atoms with van der Waals surface area (Å²) in [4.78, 5) is 9.78. The molecule has 0 unspecified atom stereocenters. The first kappa shape index (κ1) is 9.43. The van der Waals surface area contributed by atoms with E-state index in [0.717, 1.165) is 6.42 Å². The van der Waals surface area contributed by atoms with Crippen LogP contribution in [0.25, 0.3) is 0 Å². The van der Waals surface area contributed by atoms with Gasteiger partial charge in [0, 0.05) is 4.83 Å². The molecule has 0 aromatic heterocycles. The van der Waals surface area contributed by atoms with Crippen LogP contribution in [0.2, 0.25) is 0 Å². The van der Waals surface area contributed by atoms with Crippen LogP contribution in [0.15, 0.2) is 0 Å². The van der Waals surface area contributed by atoms with Crippen LogP contribution in [-0.4, -0.2) is 20.7 Å². The van der Waals surface area contributed by atoms with E-state index in [9.17, 15) is 4.79 Å². The summed E-state index contributed by atoms with van der Waals surface area (Å²) in [6.07, 6.45) is 0.808. The first-order chi connectivity index (χ1) is 4.09. The highest BCUT2D eigenvalue weighted by Crippen LogP contribution is 2.17. The standard InChI is InChI=1S/C5H8Br2O2/c1-2-3(6)4(7)5(8)9/h3-4H,2H2,1H3,(H,8,9)/t3-,4-/m1/s1. The van der Waals surface area contributed by atoms with E-state index in [-0.39, 0.29) is 4.83 Å². The summed E-state index contributed by atoms with van der Waals surface area (Å²) >= 11 is 6.24. The van der Waals surface area contributed by atoms with Crippen LogP contribution in [0, 0.1) is 0 Å².